The van der Waals surface area contributed by atoms with Crippen LogP contribution in [0.1, 0.15) is 25.0 Å². The Morgan fingerprint density at radius 3 is 2.58 bits per heavy atom. The van der Waals surface area contributed by atoms with Crippen molar-refractivity contribution >= 4 is 41.3 Å². The molecule has 0 saturated carbocycles. The molecular weight excluding hydrogens is 461 g/mol. The third kappa shape index (κ3) is 7.51. The largest absolute Gasteiger partial charge is 0.492 e. The molecule has 144 valence electrons. The number of thiophene rings is 1. The summed E-state index contributed by atoms with van der Waals surface area (Å²) in [5.74, 6) is 1.53. The Balaban J connectivity index is 0.00000338. The maximum absolute atomic E-state index is 10.6. The van der Waals surface area contributed by atoms with E-state index in [9.17, 15) is 5.11 Å². The minimum Gasteiger partial charge on any atom is -0.492 e. The van der Waals surface area contributed by atoms with Gasteiger partial charge >= 0.3 is 0 Å². The monoisotopic (exact) mass is 489 g/mol. The maximum atomic E-state index is 10.6. The number of aryl methyl sites for hydroxylation is 1. The molecule has 26 heavy (non-hydrogen) atoms. The van der Waals surface area contributed by atoms with Crippen molar-refractivity contribution in [1.29, 1.82) is 0 Å². The number of rotatable bonds is 8. The van der Waals surface area contributed by atoms with Gasteiger partial charge in [0.15, 0.2) is 5.96 Å². The normalized spacial score (nSPS) is 13.5. The Morgan fingerprint density at radius 1 is 1.23 bits per heavy atom. The second kappa shape index (κ2) is 11.4. The van der Waals surface area contributed by atoms with Crippen LogP contribution in [0.3, 0.4) is 0 Å². The predicted octanol–water partition coefficient (Wildman–Crippen LogP) is 3.52. The summed E-state index contributed by atoms with van der Waals surface area (Å²) in [6.07, 6.45) is 0. The topological polar surface area (TPSA) is 65.9 Å². The highest BCUT2D eigenvalue weighted by molar-refractivity contribution is 14.0. The molecule has 0 saturated heterocycles. The quantitative estimate of drug-likeness (QED) is 0.230. The zero-order chi connectivity index (χ0) is 18.1. The van der Waals surface area contributed by atoms with Crippen molar-refractivity contribution in [1.82, 2.24) is 10.6 Å². The number of nitrogens with zero attached hydrogens (tertiary/aromatic N) is 1. The van der Waals surface area contributed by atoms with Gasteiger partial charge in [-0.2, -0.15) is 11.3 Å². The number of benzene rings is 1. The first-order valence-electron chi connectivity index (χ1n) is 8.48. The van der Waals surface area contributed by atoms with E-state index in [4.69, 9.17) is 4.74 Å². The van der Waals surface area contributed by atoms with Gasteiger partial charge in [0.2, 0.25) is 0 Å². The first-order valence-corrected chi connectivity index (χ1v) is 9.42. The fraction of sp³-hybridized carbons (Fsp3) is 0.421. The Morgan fingerprint density at radius 2 is 1.96 bits per heavy atom. The smallest absolute Gasteiger partial charge is 0.191 e. The molecule has 1 unspecified atom stereocenters. The third-order valence-corrected chi connectivity index (χ3v) is 4.40. The van der Waals surface area contributed by atoms with E-state index in [1.165, 1.54) is 5.56 Å². The SMILES string of the molecule is CCNC(=NCC(C)(O)c1ccsc1)NCCOc1ccc(C)cc1.I. The van der Waals surface area contributed by atoms with Gasteiger partial charge in [0.1, 0.15) is 18.0 Å². The number of guanidine groups is 1. The Kier molecular flexibility index (Phi) is 9.97. The summed E-state index contributed by atoms with van der Waals surface area (Å²) in [4.78, 5) is 4.49. The lowest BCUT2D eigenvalue weighted by Gasteiger charge is -2.21. The lowest BCUT2D eigenvalue weighted by Crippen LogP contribution is -2.40. The summed E-state index contributed by atoms with van der Waals surface area (Å²) in [5.41, 5.74) is 1.13. The van der Waals surface area contributed by atoms with Crippen molar-refractivity contribution in [3.05, 3.63) is 52.2 Å². The standard InChI is InChI=1S/C19H27N3O2S.HI/c1-4-20-18(22-14-19(3,23)16-9-12-25-13-16)21-10-11-24-17-7-5-15(2)6-8-17;/h5-9,12-13,23H,4,10-11,14H2,1-3H3,(H2,20,21,22);1H. The van der Waals surface area contributed by atoms with Crippen LogP contribution in [-0.2, 0) is 5.60 Å². The molecule has 1 aromatic heterocycles. The zero-order valence-corrected chi connectivity index (χ0v) is 18.6. The molecule has 0 fully saturated rings. The van der Waals surface area contributed by atoms with Crippen LogP contribution in [0.5, 0.6) is 5.75 Å². The summed E-state index contributed by atoms with van der Waals surface area (Å²) in [6.45, 7) is 8.05. The molecule has 0 bridgehead atoms. The van der Waals surface area contributed by atoms with E-state index < -0.39 is 5.60 Å². The van der Waals surface area contributed by atoms with Crippen molar-refractivity contribution in [2.45, 2.75) is 26.4 Å². The van der Waals surface area contributed by atoms with Crippen LogP contribution in [0.4, 0.5) is 0 Å². The maximum Gasteiger partial charge on any atom is 0.191 e. The predicted molar refractivity (Wildman–Crippen MR) is 120 cm³/mol. The third-order valence-electron chi connectivity index (χ3n) is 3.72. The molecular formula is C19H28IN3O2S. The molecule has 3 N–H and O–H groups in total. The van der Waals surface area contributed by atoms with Gasteiger partial charge < -0.3 is 20.5 Å². The first kappa shape index (κ1) is 22.7. The van der Waals surface area contributed by atoms with E-state index in [1.807, 2.05) is 48.0 Å². The van der Waals surface area contributed by atoms with Crippen LogP contribution in [0.2, 0.25) is 0 Å². The summed E-state index contributed by atoms with van der Waals surface area (Å²) in [5, 5.41) is 20.9. The Bertz CT molecular complexity index is 658. The number of hydrogen-bond acceptors (Lipinski definition) is 4. The van der Waals surface area contributed by atoms with E-state index in [1.54, 1.807) is 18.3 Å². The summed E-state index contributed by atoms with van der Waals surface area (Å²) < 4.78 is 5.70. The summed E-state index contributed by atoms with van der Waals surface area (Å²) in [6, 6.07) is 9.91. The Labute approximate surface area is 176 Å². The van der Waals surface area contributed by atoms with Gasteiger partial charge in [-0.15, -0.1) is 24.0 Å². The fourth-order valence-corrected chi connectivity index (χ4v) is 2.99. The van der Waals surface area contributed by atoms with Gasteiger partial charge in [0.05, 0.1) is 13.1 Å². The van der Waals surface area contributed by atoms with Crippen LogP contribution in [0.25, 0.3) is 0 Å². The molecule has 1 aromatic carbocycles. The number of hydrogen-bond donors (Lipinski definition) is 3. The van der Waals surface area contributed by atoms with Gasteiger partial charge in [-0.3, -0.25) is 0 Å². The molecule has 2 aromatic rings. The molecule has 0 radical (unpaired) electrons. The van der Waals surface area contributed by atoms with Crippen molar-refractivity contribution in [3.8, 4) is 5.75 Å². The van der Waals surface area contributed by atoms with Crippen molar-refractivity contribution in [3.63, 3.8) is 0 Å². The lowest BCUT2D eigenvalue weighted by molar-refractivity contribution is 0.0677. The molecule has 1 heterocycles. The number of nitrogens with one attached hydrogen (secondary N) is 2. The Hall–Kier alpha value is -1.32. The molecule has 0 spiro atoms. The molecule has 0 aliphatic heterocycles. The van der Waals surface area contributed by atoms with E-state index in [0.29, 0.717) is 19.1 Å². The number of aliphatic hydroxyl groups is 1. The average molecular weight is 489 g/mol. The molecule has 2 rings (SSSR count). The highest BCUT2D eigenvalue weighted by Gasteiger charge is 2.23. The molecule has 0 aliphatic rings. The first-order chi connectivity index (χ1) is 12.0. The van der Waals surface area contributed by atoms with Crippen LogP contribution >= 0.6 is 35.3 Å². The van der Waals surface area contributed by atoms with Crippen LogP contribution < -0.4 is 15.4 Å². The van der Waals surface area contributed by atoms with Crippen molar-refractivity contribution < 1.29 is 9.84 Å². The van der Waals surface area contributed by atoms with Crippen LogP contribution in [0.15, 0.2) is 46.1 Å². The number of halogens is 1. The zero-order valence-electron chi connectivity index (χ0n) is 15.5. The molecule has 7 heteroatoms. The minimum atomic E-state index is -0.971. The molecule has 0 aliphatic carbocycles. The van der Waals surface area contributed by atoms with Crippen molar-refractivity contribution in [2.75, 3.05) is 26.2 Å². The van der Waals surface area contributed by atoms with Crippen LogP contribution in [-0.4, -0.2) is 37.3 Å². The highest BCUT2D eigenvalue weighted by atomic mass is 127. The second-order valence-electron chi connectivity index (χ2n) is 6.07. The molecule has 1 atom stereocenters. The fourth-order valence-electron chi connectivity index (χ4n) is 2.21. The van der Waals surface area contributed by atoms with E-state index >= 15 is 0 Å². The minimum absolute atomic E-state index is 0. The second-order valence-corrected chi connectivity index (χ2v) is 6.85. The van der Waals surface area contributed by atoms with Gasteiger partial charge in [-0.05, 0) is 55.3 Å². The van der Waals surface area contributed by atoms with Gasteiger partial charge in [0, 0.05) is 6.54 Å². The lowest BCUT2D eigenvalue weighted by atomic mass is 10.00. The van der Waals surface area contributed by atoms with Crippen LogP contribution in [0, 0.1) is 6.92 Å². The van der Waals surface area contributed by atoms with E-state index in [0.717, 1.165) is 17.9 Å². The van der Waals surface area contributed by atoms with E-state index in [2.05, 4.69) is 22.5 Å². The average Bonchev–Trinajstić information content (AvgIpc) is 3.13. The molecule has 5 nitrogen and oxygen atoms in total. The van der Waals surface area contributed by atoms with Gasteiger partial charge in [-0.1, -0.05) is 17.7 Å². The number of ether oxygens (including phenoxy) is 1. The van der Waals surface area contributed by atoms with Crippen molar-refractivity contribution in [2.24, 2.45) is 4.99 Å². The van der Waals surface area contributed by atoms with Gasteiger partial charge in [-0.25, -0.2) is 4.99 Å². The number of aliphatic imine (C=N–C) groups is 1. The van der Waals surface area contributed by atoms with Gasteiger partial charge in [0.25, 0.3) is 0 Å². The summed E-state index contributed by atoms with van der Waals surface area (Å²) in [7, 11) is 0. The molecule has 0 amide bonds. The van der Waals surface area contributed by atoms with E-state index in [-0.39, 0.29) is 30.5 Å². The summed E-state index contributed by atoms with van der Waals surface area (Å²) >= 11 is 1.57. The highest BCUT2D eigenvalue weighted by Crippen LogP contribution is 2.23.